The third-order valence-corrected chi connectivity index (χ3v) is 4.32. The molecule has 2 aromatic rings. The van der Waals surface area contributed by atoms with E-state index < -0.39 is 17.4 Å². The Morgan fingerprint density at radius 1 is 1.17 bits per heavy atom. The number of Topliss-reactive ketones (excluding diaryl/α,β-unsaturated/α-hetero) is 1. The summed E-state index contributed by atoms with van der Waals surface area (Å²) in [4.78, 5) is 37.6. The van der Waals surface area contributed by atoms with Gasteiger partial charge in [0.1, 0.15) is 0 Å². The summed E-state index contributed by atoms with van der Waals surface area (Å²) in [5.74, 6) is -1.63. The first-order valence-electron chi connectivity index (χ1n) is 7.99. The molecule has 6 heteroatoms. The molecule has 1 aliphatic heterocycles. The van der Waals surface area contributed by atoms with Gasteiger partial charge in [-0.2, -0.15) is 0 Å². The van der Waals surface area contributed by atoms with E-state index in [1.165, 1.54) is 0 Å². The molecule has 3 rings (SSSR count). The number of carbonyl (C=O) groups excluding carboxylic acids is 3. The number of ketones is 1. The van der Waals surface area contributed by atoms with Crippen LogP contribution in [-0.4, -0.2) is 35.5 Å². The zero-order valence-corrected chi connectivity index (χ0v) is 13.7. The highest BCUT2D eigenvalue weighted by Gasteiger charge is 2.55. The molecule has 0 spiro atoms. The molecular weight excluding hydrogens is 310 g/mol. The van der Waals surface area contributed by atoms with Crippen molar-refractivity contribution >= 4 is 28.6 Å². The average Bonchev–Trinajstić information content (AvgIpc) is 3.04. The Labute approximate surface area is 139 Å². The number of nitrogens with zero attached hydrogens (tertiary/aromatic N) is 1. The van der Waals surface area contributed by atoms with E-state index >= 15 is 0 Å². The van der Waals surface area contributed by atoms with Gasteiger partial charge >= 0.3 is 11.9 Å². The topological polar surface area (TPSA) is 74.6 Å². The second-order valence-electron chi connectivity index (χ2n) is 5.79. The van der Waals surface area contributed by atoms with Crippen LogP contribution in [0.1, 0.15) is 30.8 Å². The molecule has 0 amide bonds. The van der Waals surface area contributed by atoms with Gasteiger partial charge in [0, 0.05) is 17.4 Å². The molecule has 0 bridgehead atoms. The van der Waals surface area contributed by atoms with E-state index in [4.69, 9.17) is 9.47 Å². The van der Waals surface area contributed by atoms with E-state index in [0.29, 0.717) is 5.69 Å². The van der Waals surface area contributed by atoms with Crippen LogP contribution in [0.25, 0.3) is 10.9 Å². The van der Waals surface area contributed by atoms with Crippen molar-refractivity contribution in [1.82, 2.24) is 4.57 Å². The third-order valence-electron chi connectivity index (χ3n) is 4.32. The largest absolute Gasteiger partial charge is 0.466 e. The molecule has 1 aliphatic rings. The van der Waals surface area contributed by atoms with Crippen LogP contribution in [0.2, 0.25) is 0 Å². The van der Waals surface area contributed by atoms with Crippen LogP contribution in [-0.2, 0) is 25.6 Å². The molecule has 1 aromatic heterocycles. The van der Waals surface area contributed by atoms with Gasteiger partial charge in [-0.05, 0) is 26.0 Å². The Morgan fingerprint density at radius 3 is 2.58 bits per heavy atom. The van der Waals surface area contributed by atoms with Crippen molar-refractivity contribution in [2.24, 2.45) is 5.41 Å². The highest BCUT2D eigenvalue weighted by Crippen LogP contribution is 2.40. The predicted octanol–water partition coefficient (Wildman–Crippen LogP) is 2.34. The second kappa shape index (κ2) is 6.11. The van der Waals surface area contributed by atoms with Gasteiger partial charge in [0.25, 0.3) is 0 Å². The molecule has 1 atom stereocenters. The van der Waals surface area contributed by atoms with Crippen molar-refractivity contribution in [3.63, 3.8) is 0 Å². The van der Waals surface area contributed by atoms with Gasteiger partial charge < -0.3 is 14.0 Å². The maximum Gasteiger partial charge on any atom is 0.322 e. The molecule has 24 heavy (non-hydrogen) atoms. The van der Waals surface area contributed by atoms with Crippen molar-refractivity contribution in [2.45, 2.75) is 26.8 Å². The van der Waals surface area contributed by atoms with Crippen LogP contribution in [0.4, 0.5) is 0 Å². The quantitative estimate of drug-likeness (QED) is 0.622. The van der Waals surface area contributed by atoms with Crippen LogP contribution in [0.15, 0.2) is 30.3 Å². The smallest absolute Gasteiger partial charge is 0.322 e. The maximum absolute atomic E-state index is 13.0. The van der Waals surface area contributed by atoms with Crippen molar-refractivity contribution in [2.75, 3.05) is 13.2 Å². The van der Waals surface area contributed by atoms with Crippen LogP contribution in [0, 0.1) is 5.41 Å². The zero-order chi connectivity index (χ0) is 17.3. The number of rotatable bonds is 5. The first kappa shape index (κ1) is 16.2. The first-order valence-corrected chi connectivity index (χ1v) is 7.99. The Bertz CT molecular complexity index is 822. The summed E-state index contributed by atoms with van der Waals surface area (Å²) in [5.41, 5.74) is -0.258. The Balaban J connectivity index is 2.05. The fraction of sp³-hybridized carbons (Fsp3) is 0.389. The van der Waals surface area contributed by atoms with Crippen molar-refractivity contribution in [3.8, 4) is 0 Å². The number of aromatic nitrogens is 1. The number of hydrogen-bond acceptors (Lipinski definition) is 5. The standard InChI is InChI=1S/C18H19NO5/c1-3-23-15(20)10-18(17(22)24-4-2)11-19-13-8-6-5-7-12(13)9-14(19)16(18)21/h5-9H,3-4,10-11H2,1-2H3. The fourth-order valence-corrected chi connectivity index (χ4v) is 3.25. The molecule has 0 N–H and O–H groups in total. The number of para-hydroxylation sites is 1. The maximum atomic E-state index is 13.0. The Hall–Kier alpha value is -2.63. The summed E-state index contributed by atoms with van der Waals surface area (Å²) in [6.45, 7) is 3.79. The van der Waals surface area contributed by atoms with E-state index in [2.05, 4.69) is 0 Å². The minimum Gasteiger partial charge on any atom is -0.466 e. The molecule has 0 saturated carbocycles. The SMILES string of the molecule is CCOC(=O)CC1(C(=O)OCC)Cn2c(cc3ccccc32)C1=O. The number of esters is 2. The Kier molecular flexibility index (Phi) is 4.13. The van der Waals surface area contributed by atoms with Gasteiger partial charge in [-0.1, -0.05) is 18.2 Å². The summed E-state index contributed by atoms with van der Waals surface area (Å²) in [5, 5.41) is 0.925. The lowest BCUT2D eigenvalue weighted by molar-refractivity contribution is -0.159. The minimum absolute atomic E-state index is 0.0896. The van der Waals surface area contributed by atoms with Crippen LogP contribution in [0.3, 0.4) is 0 Å². The van der Waals surface area contributed by atoms with Gasteiger partial charge in [0.15, 0.2) is 11.2 Å². The number of ether oxygens (including phenoxy) is 2. The highest BCUT2D eigenvalue weighted by molar-refractivity contribution is 6.17. The zero-order valence-electron chi connectivity index (χ0n) is 13.7. The predicted molar refractivity (Wildman–Crippen MR) is 86.6 cm³/mol. The summed E-state index contributed by atoms with van der Waals surface area (Å²) < 4.78 is 11.9. The minimum atomic E-state index is -1.54. The third kappa shape index (κ3) is 2.38. The van der Waals surface area contributed by atoms with Crippen molar-refractivity contribution < 1.29 is 23.9 Å². The lowest BCUT2D eigenvalue weighted by Gasteiger charge is -2.23. The average molecular weight is 329 g/mol. The summed E-state index contributed by atoms with van der Waals surface area (Å²) in [6.07, 6.45) is -0.311. The monoisotopic (exact) mass is 329 g/mol. The Morgan fingerprint density at radius 2 is 1.88 bits per heavy atom. The van der Waals surface area contributed by atoms with E-state index in [1.807, 2.05) is 24.3 Å². The number of benzene rings is 1. The molecule has 6 nitrogen and oxygen atoms in total. The molecule has 0 fully saturated rings. The van der Waals surface area contributed by atoms with Crippen LogP contribution < -0.4 is 0 Å². The number of hydrogen-bond donors (Lipinski definition) is 0. The molecule has 1 aromatic carbocycles. The van der Waals surface area contributed by atoms with Crippen LogP contribution >= 0.6 is 0 Å². The molecule has 2 heterocycles. The normalized spacial score (nSPS) is 19.3. The lowest BCUT2D eigenvalue weighted by atomic mass is 9.81. The summed E-state index contributed by atoms with van der Waals surface area (Å²) in [6, 6.07) is 9.31. The molecule has 1 unspecified atom stereocenters. The first-order chi connectivity index (χ1) is 11.5. The van der Waals surface area contributed by atoms with Gasteiger partial charge in [0.2, 0.25) is 0 Å². The number of fused-ring (bicyclic) bond motifs is 3. The van der Waals surface area contributed by atoms with Crippen LogP contribution in [0.5, 0.6) is 0 Å². The van der Waals surface area contributed by atoms with E-state index in [1.54, 1.807) is 24.5 Å². The van der Waals surface area contributed by atoms with E-state index in [9.17, 15) is 14.4 Å². The molecule has 0 saturated heterocycles. The van der Waals surface area contributed by atoms with E-state index in [-0.39, 0.29) is 32.0 Å². The molecule has 126 valence electrons. The summed E-state index contributed by atoms with van der Waals surface area (Å²) in [7, 11) is 0. The fourth-order valence-electron chi connectivity index (χ4n) is 3.25. The van der Waals surface area contributed by atoms with Gasteiger partial charge in [-0.25, -0.2) is 0 Å². The van der Waals surface area contributed by atoms with Crippen molar-refractivity contribution in [1.29, 1.82) is 0 Å². The lowest BCUT2D eigenvalue weighted by Crippen LogP contribution is -2.41. The van der Waals surface area contributed by atoms with Gasteiger partial charge in [-0.15, -0.1) is 0 Å². The highest BCUT2D eigenvalue weighted by atomic mass is 16.5. The molecular formula is C18H19NO5. The van der Waals surface area contributed by atoms with Gasteiger partial charge in [-0.3, -0.25) is 14.4 Å². The van der Waals surface area contributed by atoms with Gasteiger partial charge in [0.05, 0.1) is 25.3 Å². The molecule has 0 aliphatic carbocycles. The van der Waals surface area contributed by atoms with E-state index in [0.717, 1.165) is 10.9 Å². The van der Waals surface area contributed by atoms with Crippen molar-refractivity contribution in [3.05, 3.63) is 36.0 Å². The summed E-state index contributed by atoms with van der Waals surface area (Å²) >= 11 is 0. The second-order valence-corrected chi connectivity index (χ2v) is 5.79. The molecule has 0 radical (unpaired) electrons. The number of carbonyl (C=O) groups is 3.